The number of hydrogen-bond donors (Lipinski definition) is 2. The minimum Gasteiger partial charge on any atom is -0.507 e. The van der Waals surface area contributed by atoms with Crippen LogP contribution in [0.4, 0.5) is 0 Å². The summed E-state index contributed by atoms with van der Waals surface area (Å²) in [5.74, 6) is -0.552. The Morgan fingerprint density at radius 2 is 2.06 bits per heavy atom. The number of ether oxygens (including phenoxy) is 1. The summed E-state index contributed by atoms with van der Waals surface area (Å²) in [5, 5.41) is 17.9. The van der Waals surface area contributed by atoms with Gasteiger partial charge in [0.1, 0.15) is 11.5 Å². The Morgan fingerprint density at radius 1 is 1.28 bits per heavy atom. The van der Waals surface area contributed by atoms with Crippen molar-refractivity contribution in [3.05, 3.63) is 23.8 Å². The zero-order valence-corrected chi connectivity index (χ0v) is 9.96. The van der Waals surface area contributed by atoms with Gasteiger partial charge in [0, 0.05) is 6.42 Å². The Balaban J connectivity index is 2.33. The lowest BCUT2D eigenvalue weighted by Gasteiger charge is -2.08. The van der Waals surface area contributed by atoms with Crippen LogP contribution in [-0.4, -0.2) is 29.1 Å². The fraction of sp³-hybridized carbons (Fsp3) is 0.385. The molecule has 1 rings (SSSR count). The number of benzene rings is 1. The maximum atomic E-state index is 10.8. The molecule has 0 saturated heterocycles. The van der Waals surface area contributed by atoms with E-state index in [2.05, 4.69) is 0 Å². The standard InChI is InChI=1S/C13H16O5/c14-9-10-11(15)5-4-6-12(10)18-8-3-1-2-7-13(16)17/h4-6,9,15H,1-3,7-8H2,(H,16,17). The Labute approximate surface area is 105 Å². The summed E-state index contributed by atoms with van der Waals surface area (Å²) < 4.78 is 5.38. The van der Waals surface area contributed by atoms with E-state index in [0.29, 0.717) is 31.5 Å². The topological polar surface area (TPSA) is 83.8 Å². The number of carboxylic acid groups (broad SMARTS) is 1. The SMILES string of the molecule is O=Cc1c(O)cccc1OCCCCCC(=O)O. The third kappa shape index (κ3) is 4.45. The number of aldehydes is 1. The van der Waals surface area contributed by atoms with Crippen molar-refractivity contribution in [1.82, 2.24) is 0 Å². The molecule has 2 N–H and O–H groups in total. The molecule has 5 nitrogen and oxygen atoms in total. The van der Waals surface area contributed by atoms with Crippen LogP contribution in [0, 0.1) is 0 Å². The number of aliphatic carboxylic acids is 1. The largest absolute Gasteiger partial charge is 0.507 e. The molecule has 0 aliphatic carbocycles. The molecule has 0 radical (unpaired) electrons. The Kier molecular flexibility index (Phi) is 5.70. The molecule has 0 unspecified atom stereocenters. The van der Waals surface area contributed by atoms with Crippen molar-refractivity contribution in [2.24, 2.45) is 0 Å². The molecule has 0 aliphatic rings. The number of carbonyl (C=O) groups is 2. The first-order chi connectivity index (χ1) is 8.65. The van der Waals surface area contributed by atoms with Crippen molar-refractivity contribution < 1.29 is 24.5 Å². The van der Waals surface area contributed by atoms with E-state index in [1.54, 1.807) is 12.1 Å². The normalized spacial score (nSPS) is 10.0. The lowest BCUT2D eigenvalue weighted by atomic mass is 10.2. The average Bonchev–Trinajstić information content (AvgIpc) is 2.33. The van der Waals surface area contributed by atoms with Gasteiger partial charge in [0.15, 0.2) is 6.29 Å². The van der Waals surface area contributed by atoms with Gasteiger partial charge < -0.3 is 14.9 Å². The highest BCUT2D eigenvalue weighted by molar-refractivity contribution is 5.83. The summed E-state index contributed by atoms with van der Waals surface area (Å²) in [7, 11) is 0. The Morgan fingerprint density at radius 3 is 2.72 bits per heavy atom. The van der Waals surface area contributed by atoms with Crippen LogP contribution in [0.15, 0.2) is 18.2 Å². The number of phenols is 1. The molecule has 0 aromatic heterocycles. The second-order valence-corrected chi connectivity index (χ2v) is 3.86. The molecule has 0 bridgehead atoms. The molecule has 5 heteroatoms. The highest BCUT2D eigenvalue weighted by Crippen LogP contribution is 2.25. The predicted octanol–water partition coefficient (Wildman–Crippen LogP) is 2.23. The number of aromatic hydroxyl groups is 1. The van der Waals surface area contributed by atoms with Crippen LogP contribution in [0.3, 0.4) is 0 Å². The first kappa shape index (κ1) is 14.0. The van der Waals surface area contributed by atoms with Gasteiger partial charge in [0.05, 0.1) is 12.2 Å². The van der Waals surface area contributed by atoms with Gasteiger partial charge in [-0.2, -0.15) is 0 Å². The van der Waals surface area contributed by atoms with Gasteiger partial charge in [-0.05, 0) is 31.4 Å². The first-order valence-electron chi connectivity index (χ1n) is 5.77. The van der Waals surface area contributed by atoms with Gasteiger partial charge in [0.25, 0.3) is 0 Å². The maximum Gasteiger partial charge on any atom is 0.303 e. The fourth-order valence-corrected chi connectivity index (χ4v) is 1.51. The van der Waals surface area contributed by atoms with Crippen molar-refractivity contribution in [3.63, 3.8) is 0 Å². The number of unbranched alkanes of at least 4 members (excludes halogenated alkanes) is 2. The molecule has 1 aromatic rings. The van der Waals surface area contributed by atoms with Crippen molar-refractivity contribution in [3.8, 4) is 11.5 Å². The Bertz CT molecular complexity index is 414. The van der Waals surface area contributed by atoms with E-state index >= 15 is 0 Å². The smallest absolute Gasteiger partial charge is 0.303 e. The van der Waals surface area contributed by atoms with Gasteiger partial charge in [-0.3, -0.25) is 9.59 Å². The van der Waals surface area contributed by atoms with Crippen LogP contribution < -0.4 is 4.74 Å². The molecule has 18 heavy (non-hydrogen) atoms. The quantitative estimate of drug-likeness (QED) is 0.547. The molecule has 1 aromatic carbocycles. The lowest BCUT2D eigenvalue weighted by molar-refractivity contribution is -0.137. The second-order valence-electron chi connectivity index (χ2n) is 3.86. The molecular formula is C13H16O5. The van der Waals surface area contributed by atoms with E-state index in [9.17, 15) is 14.7 Å². The highest BCUT2D eigenvalue weighted by atomic mass is 16.5. The van der Waals surface area contributed by atoms with E-state index in [0.717, 1.165) is 6.42 Å². The molecule has 98 valence electrons. The highest BCUT2D eigenvalue weighted by Gasteiger charge is 2.07. The van der Waals surface area contributed by atoms with Gasteiger partial charge in [-0.25, -0.2) is 0 Å². The summed E-state index contributed by atoms with van der Waals surface area (Å²) in [5.41, 5.74) is 0.142. The summed E-state index contributed by atoms with van der Waals surface area (Å²) in [4.78, 5) is 21.0. The molecule has 0 spiro atoms. The van der Waals surface area contributed by atoms with Gasteiger partial charge in [-0.15, -0.1) is 0 Å². The van der Waals surface area contributed by atoms with E-state index in [4.69, 9.17) is 9.84 Å². The van der Waals surface area contributed by atoms with Gasteiger partial charge >= 0.3 is 5.97 Å². The monoisotopic (exact) mass is 252 g/mol. The van der Waals surface area contributed by atoms with Crippen LogP contribution in [0.25, 0.3) is 0 Å². The van der Waals surface area contributed by atoms with E-state index in [-0.39, 0.29) is 17.7 Å². The number of carbonyl (C=O) groups excluding carboxylic acids is 1. The van der Waals surface area contributed by atoms with E-state index in [1.807, 2.05) is 0 Å². The van der Waals surface area contributed by atoms with Crippen LogP contribution in [0.2, 0.25) is 0 Å². The van der Waals surface area contributed by atoms with Crippen molar-refractivity contribution >= 4 is 12.3 Å². The zero-order valence-electron chi connectivity index (χ0n) is 9.96. The third-order valence-corrected chi connectivity index (χ3v) is 2.45. The number of phenolic OH excluding ortho intramolecular Hbond substituents is 1. The molecular weight excluding hydrogens is 236 g/mol. The molecule has 0 saturated carbocycles. The number of hydrogen-bond acceptors (Lipinski definition) is 4. The molecule has 0 amide bonds. The molecule has 0 aliphatic heterocycles. The Hall–Kier alpha value is -2.04. The van der Waals surface area contributed by atoms with E-state index in [1.165, 1.54) is 6.07 Å². The van der Waals surface area contributed by atoms with Crippen molar-refractivity contribution in [2.75, 3.05) is 6.61 Å². The summed E-state index contributed by atoms with van der Waals surface area (Å²) in [6.07, 6.45) is 2.78. The number of rotatable bonds is 8. The first-order valence-corrected chi connectivity index (χ1v) is 5.77. The molecule has 0 fully saturated rings. The van der Waals surface area contributed by atoms with Crippen LogP contribution in [0.5, 0.6) is 11.5 Å². The summed E-state index contributed by atoms with van der Waals surface area (Å²) in [6.45, 7) is 0.393. The third-order valence-electron chi connectivity index (χ3n) is 2.45. The molecule has 0 atom stereocenters. The fourth-order valence-electron chi connectivity index (χ4n) is 1.51. The minimum atomic E-state index is -0.799. The minimum absolute atomic E-state index is 0.103. The van der Waals surface area contributed by atoms with Crippen LogP contribution in [-0.2, 0) is 4.79 Å². The predicted molar refractivity (Wildman–Crippen MR) is 65.1 cm³/mol. The van der Waals surface area contributed by atoms with Gasteiger partial charge in [-0.1, -0.05) is 6.07 Å². The second kappa shape index (κ2) is 7.32. The van der Waals surface area contributed by atoms with Crippen molar-refractivity contribution in [1.29, 1.82) is 0 Å². The molecule has 0 heterocycles. The van der Waals surface area contributed by atoms with E-state index < -0.39 is 5.97 Å². The van der Waals surface area contributed by atoms with Crippen molar-refractivity contribution in [2.45, 2.75) is 25.7 Å². The summed E-state index contributed by atoms with van der Waals surface area (Å²) >= 11 is 0. The number of carboxylic acids is 1. The average molecular weight is 252 g/mol. The van der Waals surface area contributed by atoms with Crippen LogP contribution in [0.1, 0.15) is 36.0 Å². The zero-order chi connectivity index (χ0) is 13.4. The lowest BCUT2D eigenvalue weighted by Crippen LogP contribution is -2.01. The van der Waals surface area contributed by atoms with Gasteiger partial charge in [0.2, 0.25) is 0 Å². The summed E-state index contributed by atoms with van der Waals surface area (Å²) in [6, 6.07) is 4.63. The van der Waals surface area contributed by atoms with Crippen LogP contribution >= 0.6 is 0 Å². The maximum absolute atomic E-state index is 10.8.